The minimum atomic E-state index is 0.206. The van der Waals surface area contributed by atoms with E-state index in [1.54, 1.807) is 35.3 Å². The van der Waals surface area contributed by atoms with Crippen molar-refractivity contribution in [2.45, 2.75) is 0 Å². The average Bonchev–Trinajstić information content (AvgIpc) is 2.53. The van der Waals surface area contributed by atoms with Crippen molar-refractivity contribution in [1.82, 2.24) is 20.9 Å². The topological polar surface area (TPSA) is 100 Å². The lowest BCUT2D eigenvalue weighted by Crippen LogP contribution is -2.41. The van der Waals surface area contributed by atoms with Crippen LogP contribution < -0.4 is 16.0 Å². The van der Waals surface area contributed by atoms with Crippen LogP contribution in [0.25, 0.3) is 0 Å². The molecule has 0 unspecified atom stereocenters. The van der Waals surface area contributed by atoms with Crippen LogP contribution in [-0.2, 0) is 0 Å². The third-order valence-corrected chi connectivity index (χ3v) is 5.21. The van der Waals surface area contributed by atoms with Crippen LogP contribution in [0.15, 0.2) is 0 Å². The fourth-order valence-corrected chi connectivity index (χ4v) is 3.39. The molecule has 0 aromatic heterocycles. The molecule has 22 heavy (non-hydrogen) atoms. The Balaban J connectivity index is 3.51. The van der Waals surface area contributed by atoms with Gasteiger partial charge in [-0.05, 0) is 0 Å². The number of hydrogen-bond donors (Lipinski definition) is 6. The van der Waals surface area contributed by atoms with Crippen molar-refractivity contribution in [1.29, 1.82) is 0 Å². The van der Waals surface area contributed by atoms with E-state index in [4.69, 9.17) is 15.3 Å². The summed E-state index contributed by atoms with van der Waals surface area (Å²) in [7, 11) is 0. The monoisotopic (exact) mass is 374 g/mol. The molecule has 6 N–H and O–H groups in total. The lowest BCUT2D eigenvalue weighted by Gasteiger charge is -2.22. The zero-order chi connectivity index (χ0) is 16.3. The Morgan fingerprint density at radius 3 is 1.82 bits per heavy atom. The van der Waals surface area contributed by atoms with Crippen molar-refractivity contribution >= 4 is 35.3 Å². The molecular formula is C12H30N4O3S3. The van der Waals surface area contributed by atoms with Crippen LogP contribution in [0.2, 0.25) is 0 Å². The number of aliphatic hydroxyl groups excluding tert-OH is 3. The van der Waals surface area contributed by atoms with Gasteiger partial charge in [-0.1, -0.05) is 0 Å². The second-order valence-corrected chi connectivity index (χ2v) is 7.49. The molecule has 0 spiro atoms. The molecular weight excluding hydrogens is 344 g/mol. The molecule has 0 fully saturated rings. The predicted molar refractivity (Wildman–Crippen MR) is 99.1 cm³/mol. The molecule has 10 heteroatoms. The van der Waals surface area contributed by atoms with Gasteiger partial charge >= 0.3 is 0 Å². The lowest BCUT2D eigenvalue weighted by molar-refractivity contribution is 0.316. The van der Waals surface area contributed by atoms with E-state index in [-0.39, 0.29) is 19.8 Å². The normalized spacial score (nSPS) is 11.5. The van der Waals surface area contributed by atoms with Gasteiger partial charge in [0, 0.05) is 48.2 Å². The molecule has 0 aliphatic carbocycles. The molecule has 0 aromatic carbocycles. The number of hydrogen-bond acceptors (Lipinski definition) is 10. The zero-order valence-electron chi connectivity index (χ0n) is 13.0. The van der Waals surface area contributed by atoms with Gasteiger partial charge in [0.2, 0.25) is 0 Å². The maximum atomic E-state index is 8.82. The Morgan fingerprint density at radius 1 is 0.682 bits per heavy atom. The summed E-state index contributed by atoms with van der Waals surface area (Å²) in [6, 6.07) is 0. The van der Waals surface area contributed by atoms with E-state index in [1.165, 1.54) is 0 Å². The Morgan fingerprint density at radius 2 is 1.23 bits per heavy atom. The van der Waals surface area contributed by atoms with E-state index in [0.717, 1.165) is 48.2 Å². The molecule has 0 radical (unpaired) electrons. The van der Waals surface area contributed by atoms with Crippen molar-refractivity contribution in [2.24, 2.45) is 0 Å². The summed E-state index contributed by atoms with van der Waals surface area (Å²) in [4.78, 5) is 2.24. The van der Waals surface area contributed by atoms with Crippen LogP contribution >= 0.6 is 35.3 Å². The van der Waals surface area contributed by atoms with E-state index in [1.807, 2.05) is 0 Å². The Labute approximate surface area is 146 Å². The minimum absolute atomic E-state index is 0.206. The van der Waals surface area contributed by atoms with Crippen LogP contribution in [0, 0.1) is 0 Å². The van der Waals surface area contributed by atoms with Crippen LogP contribution in [0.5, 0.6) is 0 Å². The Kier molecular flexibility index (Phi) is 20.5. The average molecular weight is 375 g/mol. The van der Waals surface area contributed by atoms with Gasteiger partial charge in [-0.3, -0.25) is 20.9 Å². The van der Waals surface area contributed by atoms with Crippen molar-refractivity contribution in [3.63, 3.8) is 0 Å². The van der Waals surface area contributed by atoms with E-state index >= 15 is 0 Å². The molecule has 134 valence electrons. The van der Waals surface area contributed by atoms with Crippen LogP contribution in [-0.4, -0.2) is 94.9 Å². The quantitative estimate of drug-likeness (QED) is 0.132. The highest BCUT2D eigenvalue weighted by molar-refractivity contribution is 8.00. The lowest BCUT2D eigenvalue weighted by atomic mass is 10.8. The molecule has 0 atom stereocenters. The third-order valence-electron chi connectivity index (χ3n) is 2.29. The SMILES string of the molecule is OCCSCNCNCNCN(CSCCO)CSCCO. The summed E-state index contributed by atoms with van der Waals surface area (Å²) in [5.74, 6) is 4.81. The van der Waals surface area contributed by atoms with Gasteiger partial charge in [0.1, 0.15) is 0 Å². The third kappa shape index (κ3) is 17.1. The smallest absolute Gasteiger partial charge is 0.0522 e. The van der Waals surface area contributed by atoms with Crippen molar-refractivity contribution in [2.75, 3.05) is 74.7 Å². The van der Waals surface area contributed by atoms with Gasteiger partial charge in [0.15, 0.2) is 0 Å². The first-order chi connectivity index (χ1) is 10.8. The highest BCUT2D eigenvalue weighted by Crippen LogP contribution is 2.08. The van der Waals surface area contributed by atoms with E-state index < -0.39 is 0 Å². The van der Waals surface area contributed by atoms with Crippen LogP contribution in [0.1, 0.15) is 0 Å². The van der Waals surface area contributed by atoms with Gasteiger partial charge in [0.05, 0.1) is 26.5 Å². The molecule has 0 saturated carbocycles. The van der Waals surface area contributed by atoms with Gasteiger partial charge in [-0.25, -0.2) is 0 Å². The van der Waals surface area contributed by atoms with Gasteiger partial charge in [-0.2, -0.15) is 0 Å². The van der Waals surface area contributed by atoms with Gasteiger partial charge in [-0.15, -0.1) is 35.3 Å². The first-order valence-electron chi connectivity index (χ1n) is 7.25. The number of thioether (sulfide) groups is 3. The summed E-state index contributed by atoms with van der Waals surface area (Å²) in [6.07, 6.45) is 0. The first-order valence-corrected chi connectivity index (χ1v) is 10.7. The van der Waals surface area contributed by atoms with E-state index in [2.05, 4.69) is 20.9 Å². The molecule has 7 nitrogen and oxygen atoms in total. The number of nitrogens with zero attached hydrogens (tertiary/aromatic N) is 1. The molecule has 0 amide bonds. The summed E-state index contributed by atoms with van der Waals surface area (Å²) < 4.78 is 0. The van der Waals surface area contributed by atoms with Gasteiger partial charge in [0.25, 0.3) is 0 Å². The molecule has 0 aliphatic heterocycles. The number of aliphatic hydroxyl groups is 3. The highest BCUT2D eigenvalue weighted by Gasteiger charge is 2.04. The molecule has 0 heterocycles. The molecule has 0 rings (SSSR count). The highest BCUT2D eigenvalue weighted by atomic mass is 32.2. The van der Waals surface area contributed by atoms with E-state index in [9.17, 15) is 0 Å². The van der Waals surface area contributed by atoms with Crippen molar-refractivity contribution < 1.29 is 15.3 Å². The van der Waals surface area contributed by atoms with E-state index in [0.29, 0.717) is 6.67 Å². The van der Waals surface area contributed by atoms with Crippen LogP contribution in [0.4, 0.5) is 0 Å². The minimum Gasteiger partial charge on any atom is -0.396 e. The second-order valence-electron chi connectivity index (χ2n) is 4.23. The van der Waals surface area contributed by atoms with Crippen molar-refractivity contribution in [3.8, 4) is 0 Å². The maximum absolute atomic E-state index is 8.82. The summed E-state index contributed by atoms with van der Waals surface area (Å²) in [5.41, 5.74) is 0. The molecule has 0 saturated heterocycles. The number of nitrogens with one attached hydrogen (secondary N) is 3. The maximum Gasteiger partial charge on any atom is 0.0522 e. The van der Waals surface area contributed by atoms with Gasteiger partial charge < -0.3 is 15.3 Å². The predicted octanol–water partition coefficient (Wildman–Crippen LogP) is -1.02. The summed E-state index contributed by atoms with van der Waals surface area (Å²) >= 11 is 5.07. The number of rotatable bonds is 18. The fourth-order valence-electron chi connectivity index (χ4n) is 1.36. The standard InChI is InChI=1S/C12H30N4O3S3/c17-1-4-20-10-15-8-13-7-14-9-16(11-21-5-2-18)12-22-6-3-19/h13-15,17-19H,1-12H2. The fraction of sp³-hybridized carbons (Fsp3) is 1.00. The van der Waals surface area contributed by atoms with Crippen LogP contribution in [0.3, 0.4) is 0 Å². The molecule has 0 aromatic rings. The summed E-state index contributed by atoms with van der Waals surface area (Å²) in [5, 5.41) is 36.0. The first kappa shape index (κ1) is 22.8. The Bertz CT molecular complexity index is 212. The Hall–Kier alpha value is 0.770. The second kappa shape index (κ2) is 19.8. The van der Waals surface area contributed by atoms with Crippen molar-refractivity contribution in [3.05, 3.63) is 0 Å². The molecule has 0 aliphatic rings. The summed E-state index contributed by atoms with van der Waals surface area (Å²) in [6.45, 7) is 2.84. The zero-order valence-corrected chi connectivity index (χ0v) is 15.4. The largest absolute Gasteiger partial charge is 0.396 e. The molecule has 0 bridgehead atoms.